The number of amides is 2. The molecule has 0 spiro atoms. The number of nitrogens with zero attached hydrogens (tertiary/aromatic N) is 1. The van der Waals surface area contributed by atoms with Crippen molar-refractivity contribution in [2.45, 2.75) is 19.3 Å². The van der Waals surface area contributed by atoms with Gasteiger partial charge in [0, 0.05) is 25.9 Å². The minimum absolute atomic E-state index is 0.0233. The maximum Gasteiger partial charge on any atom is 0.317 e. The van der Waals surface area contributed by atoms with E-state index in [0.717, 1.165) is 6.42 Å². The summed E-state index contributed by atoms with van der Waals surface area (Å²) >= 11 is 0. The second-order valence-electron chi connectivity index (χ2n) is 6.60. The first-order chi connectivity index (χ1) is 10.9. The number of sulfone groups is 1. The first-order valence-electron chi connectivity index (χ1n) is 8.20. The third kappa shape index (κ3) is 3.37. The lowest BCUT2D eigenvalue weighted by Crippen LogP contribution is -2.40. The topological polar surface area (TPSA) is 66.5 Å². The van der Waals surface area contributed by atoms with Gasteiger partial charge in [-0.2, -0.15) is 0 Å². The molecule has 1 saturated carbocycles. The zero-order chi connectivity index (χ0) is 16.6. The molecule has 3 rings (SSSR count). The van der Waals surface area contributed by atoms with Crippen molar-refractivity contribution in [3.05, 3.63) is 35.4 Å². The molecule has 0 aliphatic heterocycles. The van der Waals surface area contributed by atoms with Crippen LogP contribution in [0.2, 0.25) is 0 Å². The normalized spacial score (nSPS) is 24.7. The number of carbonyl (C=O) groups is 1. The number of nitrogens with one attached hydrogen (secondary N) is 1. The zero-order valence-corrected chi connectivity index (χ0v) is 14.5. The number of carbonyl (C=O) groups excluding carboxylic acids is 1. The Kier molecular flexibility index (Phi) is 4.36. The molecule has 2 amide bonds. The quantitative estimate of drug-likeness (QED) is 0.859. The van der Waals surface area contributed by atoms with Crippen LogP contribution in [0.15, 0.2) is 24.3 Å². The Morgan fingerprint density at radius 3 is 2.83 bits per heavy atom. The van der Waals surface area contributed by atoms with Gasteiger partial charge in [-0.1, -0.05) is 31.2 Å². The summed E-state index contributed by atoms with van der Waals surface area (Å²) < 4.78 is 23.0. The van der Waals surface area contributed by atoms with E-state index in [2.05, 4.69) is 29.6 Å². The van der Waals surface area contributed by atoms with Crippen molar-refractivity contribution in [3.8, 4) is 0 Å². The van der Waals surface area contributed by atoms with Crippen LogP contribution in [0, 0.1) is 11.8 Å². The Hall–Kier alpha value is -1.56. The molecule has 0 aromatic heterocycles. The van der Waals surface area contributed by atoms with E-state index in [1.54, 1.807) is 14.0 Å². The predicted molar refractivity (Wildman–Crippen MR) is 90.2 cm³/mol. The molecule has 1 N–H and O–H groups in total. The fraction of sp³-hybridized carbons (Fsp3) is 0.588. The minimum atomic E-state index is -3.03. The third-order valence-electron chi connectivity index (χ3n) is 5.21. The van der Waals surface area contributed by atoms with Gasteiger partial charge in [-0.05, 0) is 35.3 Å². The number of fused-ring (bicyclic) bond motifs is 3. The average Bonchev–Trinajstić information content (AvgIpc) is 3.08. The smallest absolute Gasteiger partial charge is 0.317 e. The highest BCUT2D eigenvalue weighted by Crippen LogP contribution is 2.60. The second kappa shape index (κ2) is 6.15. The van der Waals surface area contributed by atoms with Crippen molar-refractivity contribution < 1.29 is 13.2 Å². The van der Waals surface area contributed by atoms with Gasteiger partial charge >= 0.3 is 6.03 Å². The maximum atomic E-state index is 12.1. The fourth-order valence-electron chi connectivity index (χ4n) is 3.62. The highest BCUT2D eigenvalue weighted by Gasteiger charge is 2.55. The maximum absolute atomic E-state index is 12.1. The van der Waals surface area contributed by atoms with Gasteiger partial charge in [0.2, 0.25) is 0 Å². The van der Waals surface area contributed by atoms with Gasteiger partial charge < -0.3 is 10.2 Å². The molecule has 5 nitrogen and oxygen atoms in total. The zero-order valence-electron chi connectivity index (χ0n) is 13.7. The molecular weight excluding hydrogens is 312 g/mol. The molecule has 0 radical (unpaired) electrons. The lowest BCUT2D eigenvalue weighted by molar-refractivity contribution is 0.210. The van der Waals surface area contributed by atoms with Gasteiger partial charge in [0.1, 0.15) is 0 Å². The van der Waals surface area contributed by atoms with Crippen LogP contribution in [0.1, 0.15) is 24.0 Å². The van der Waals surface area contributed by atoms with Crippen LogP contribution in [0.3, 0.4) is 0 Å². The molecule has 126 valence electrons. The molecule has 2 aliphatic rings. The first-order valence-corrected chi connectivity index (χ1v) is 10.0. The summed E-state index contributed by atoms with van der Waals surface area (Å²) in [6, 6.07) is 8.37. The van der Waals surface area contributed by atoms with E-state index in [4.69, 9.17) is 0 Å². The molecule has 23 heavy (non-hydrogen) atoms. The highest BCUT2D eigenvalue weighted by molar-refractivity contribution is 7.91. The molecule has 1 aromatic carbocycles. The van der Waals surface area contributed by atoms with E-state index in [-0.39, 0.29) is 24.1 Å². The minimum Gasteiger partial charge on any atom is -0.338 e. The van der Waals surface area contributed by atoms with Crippen molar-refractivity contribution in [3.63, 3.8) is 0 Å². The van der Waals surface area contributed by atoms with E-state index < -0.39 is 9.84 Å². The lowest BCUT2D eigenvalue weighted by Gasteiger charge is -2.18. The molecule has 2 aliphatic carbocycles. The number of rotatable bonds is 6. The summed E-state index contributed by atoms with van der Waals surface area (Å²) in [4.78, 5) is 13.5. The van der Waals surface area contributed by atoms with Crippen LogP contribution in [-0.2, 0) is 16.3 Å². The van der Waals surface area contributed by atoms with Crippen LogP contribution in [0.5, 0.6) is 0 Å². The highest BCUT2D eigenvalue weighted by atomic mass is 32.2. The summed E-state index contributed by atoms with van der Waals surface area (Å²) in [6.07, 6.45) is 1.12. The Morgan fingerprint density at radius 1 is 1.35 bits per heavy atom. The van der Waals surface area contributed by atoms with Crippen LogP contribution in [-0.4, -0.2) is 51.0 Å². The Morgan fingerprint density at radius 2 is 2.09 bits per heavy atom. The molecule has 3 atom stereocenters. The third-order valence-corrected chi connectivity index (χ3v) is 6.90. The van der Waals surface area contributed by atoms with E-state index in [1.807, 2.05) is 0 Å². The van der Waals surface area contributed by atoms with Crippen molar-refractivity contribution >= 4 is 15.9 Å². The molecule has 1 aromatic rings. The largest absolute Gasteiger partial charge is 0.338 e. The second-order valence-corrected chi connectivity index (χ2v) is 9.07. The van der Waals surface area contributed by atoms with Crippen LogP contribution < -0.4 is 5.32 Å². The number of urea groups is 1. The summed E-state index contributed by atoms with van der Waals surface area (Å²) in [7, 11) is -1.39. The average molecular weight is 336 g/mol. The van der Waals surface area contributed by atoms with E-state index in [9.17, 15) is 13.2 Å². The summed E-state index contributed by atoms with van der Waals surface area (Å²) in [5.41, 5.74) is 2.89. The summed E-state index contributed by atoms with van der Waals surface area (Å²) in [5, 5.41) is 2.95. The number of hydrogen-bond acceptors (Lipinski definition) is 3. The van der Waals surface area contributed by atoms with Gasteiger partial charge in [-0.15, -0.1) is 0 Å². The number of hydrogen-bond donors (Lipinski definition) is 1. The van der Waals surface area contributed by atoms with Crippen molar-refractivity contribution in [2.75, 3.05) is 31.6 Å². The Balaban J connectivity index is 1.45. The summed E-state index contributed by atoms with van der Waals surface area (Å²) in [6.45, 7) is 2.54. The molecule has 6 heteroatoms. The van der Waals surface area contributed by atoms with Gasteiger partial charge in [0.25, 0.3) is 0 Å². The van der Waals surface area contributed by atoms with Crippen LogP contribution in [0.4, 0.5) is 4.79 Å². The van der Waals surface area contributed by atoms with Gasteiger partial charge in [0.15, 0.2) is 9.84 Å². The molecule has 0 bridgehead atoms. The van der Waals surface area contributed by atoms with Crippen LogP contribution >= 0.6 is 0 Å². The Labute approximate surface area is 138 Å². The molecular formula is C17H24N2O3S. The van der Waals surface area contributed by atoms with E-state index >= 15 is 0 Å². The standard InChI is InChI=1S/C17H24N2O3S/c1-3-23(21,22)9-8-19(2)17(20)18-11-15-14-10-12-6-4-5-7-13(12)16(14)15/h4-7,14-16H,3,8-11H2,1-2H3,(H,18,20). The van der Waals surface area contributed by atoms with Crippen LogP contribution in [0.25, 0.3) is 0 Å². The summed E-state index contributed by atoms with van der Waals surface area (Å²) in [5.74, 6) is 1.93. The predicted octanol–water partition coefficient (Wildman–Crippen LogP) is 1.65. The van der Waals surface area contributed by atoms with Gasteiger partial charge in [-0.3, -0.25) is 0 Å². The van der Waals surface area contributed by atoms with E-state index in [1.165, 1.54) is 16.0 Å². The van der Waals surface area contributed by atoms with E-state index in [0.29, 0.717) is 24.3 Å². The fourth-order valence-corrected chi connectivity index (χ4v) is 4.46. The van der Waals surface area contributed by atoms with Crippen molar-refractivity contribution in [2.24, 2.45) is 11.8 Å². The van der Waals surface area contributed by atoms with Crippen molar-refractivity contribution in [1.82, 2.24) is 10.2 Å². The number of benzene rings is 1. The molecule has 0 heterocycles. The monoisotopic (exact) mass is 336 g/mol. The Bertz CT molecular complexity index is 702. The lowest BCUT2D eigenvalue weighted by atomic mass is 10.0. The van der Waals surface area contributed by atoms with Gasteiger partial charge in [0.05, 0.1) is 5.75 Å². The SMILES string of the molecule is CCS(=O)(=O)CCN(C)C(=O)NCC1C2Cc3ccccc3C12. The molecule has 0 saturated heterocycles. The molecule has 1 fully saturated rings. The first kappa shape index (κ1) is 16.3. The van der Waals surface area contributed by atoms with Crippen molar-refractivity contribution in [1.29, 1.82) is 0 Å². The molecule has 3 unspecified atom stereocenters. The van der Waals surface area contributed by atoms with Gasteiger partial charge in [-0.25, -0.2) is 13.2 Å².